The number of carbonyl (C=O) groups is 2. The predicted molar refractivity (Wildman–Crippen MR) is 246 cm³/mol. The van der Waals surface area contributed by atoms with Crippen molar-refractivity contribution in [2.24, 2.45) is 0 Å². The highest BCUT2D eigenvalue weighted by Gasteiger charge is 2.24. The smallest absolute Gasteiger partial charge is 0.306 e. The fourth-order valence-corrected chi connectivity index (χ4v) is 7.94. The zero-order valence-corrected chi connectivity index (χ0v) is 38.5. The summed E-state index contributed by atoms with van der Waals surface area (Å²) in [7, 11) is 0. The number of carbonyl (C=O) groups excluding carboxylic acids is 2. The monoisotopic (exact) mass is 806 g/mol. The van der Waals surface area contributed by atoms with Crippen LogP contribution < -0.4 is 5.32 Å². The summed E-state index contributed by atoms with van der Waals surface area (Å²) < 4.78 is 5.90. The van der Waals surface area contributed by atoms with E-state index in [1.54, 1.807) is 0 Å². The Balaban J connectivity index is 4.39. The molecule has 0 bridgehead atoms. The van der Waals surface area contributed by atoms with Gasteiger partial charge >= 0.3 is 5.97 Å². The molecule has 3 atom stereocenters. The first-order valence-corrected chi connectivity index (χ1v) is 25.4. The molecule has 0 saturated heterocycles. The largest absolute Gasteiger partial charge is 0.462 e. The molecule has 0 heterocycles. The normalized spacial score (nSPS) is 13.3. The maximum absolute atomic E-state index is 13.1. The molecule has 6 heteroatoms. The predicted octanol–water partition coefficient (Wildman–Crippen LogP) is 15.0. The molecule has 0 aromatic heterocycles. The van der Waals surface area contributed by atoms with E-state index in [4.69, 9.17) is 4.74 Å². The van der Waals surface area contributed by atoms with Crippen molar-refractivity contribution >= 4 is 11.9 Å². The van der Waals surface area contributed by atoms with Crippen LogP contribution in [0.4, 0.5) is 0 Å². The summed E-state index contributed by atoms with van der Waals surface area (Å²) in [6, 6.07) is -0.699. The van der Waals surface area contributed by atoms with E-state index >= 15 is 0 Å². The Morgan fingerprint density at radius 2 is 0.860 bits per heavy atom. The van der Waals surface area contributed by atoms with Gasteiger partial charge in [-0.1, -0.05) is 232 Å². The van der Waals surface area contributed by atoms with Gasteiger partial charge in [0.2, 0.25) is 5.91 Å². The van der Waals surface area contributed by atoms with E-state index in [0.29, 0.717) is 19.3 Å². The Hall–Kier alpha value is -1.40. The molecular weight excluding hydrogens is 707 g/mol. The second kappa shape index (κ2) is 45.7. The first-order valence-electron chi connectivity index (χ1n) is 25.4. The number of aliphatic hydroxyl groups excluding tert-OH is 2. The lowest BCUT2D eigenvalue weighted by atomic mass is 10.0. The van der Waals surface area contributed by atoms with Crippen LogP contribution in [0, 0.1) is 0 Å². The lowest BCUT2D eigenvalue weighted by Gasteiger charge is -2.24. The highest BCUT2D eigenvalue weighted by atomic mass is 16.5. The molecule has 0 aliphatic carbocycles. The van der Waals surface area contributed by atoms with Gasteiger partial charge in [0.25, 0.3) is 0 Å². The summed E-state index contributed by atoms with van der Waals surface area (Å²) in [5.74, 6) is -0.478. The van der Waals surface area contributed by atoms with Crippen LogP contribution in [-0.2, 0) is 14.3 Å². The Morgan fingerprint density at radius 1 is 0.491 bits per heavy atom. The van der Waals surface area contributed by atoms with Crippen LogP contribution >= 0.6 is 0 Å². The molecule has 338 valence electrons. The fraction of sp³-hybridized carbons (Fsp3) is 0.922. The number of unbranched alkanes of at least 4 members (excludes halogenated alkanes) is 32. The summed E-state index contributed by atoms with van der Waals surface area (Å²) in [5.41, 5.74) is 0. The minimum atomic E-state index is -0.785. The Labute approximate surface area is 355 Å². The van der Waals surface area contributed by atoms with E-state index in [0.717, 1.165) is 64.2 Å². The standard InChI is InChI=1S/C51H99NO5/c1-4-7-10-13-16-19-21-23-24-25-26-27-28-31-34-37-40-43-49(54)48(46-53)52-50(55)45-47(42-39-36-33-30-18-15-12-9-6-3)57-51(56)44-41-38-35-32-29-22-20-17-14-11-8-5-2/h15,18,47-49,53-54H,4-14,16-17,19-46H2,1-3H3,(H,52,55)/b18-15-. The maximum atomic E-state index is 13.1. The maximum Gasteiger partial charge on any atom is 0.306 e. The molecule has 0 fully saturated rings. The van der Waals surface area contributed by atoms with Crippen LogP contribution in [0.5, 0.6) is 0 Å². The topological polar surface area (TPSA) is 95.9 Å². The number of rotatable bonds is 46. The molecule has 0 radical (unpaired) electrons. The number of ether oxygens (including phenoxy) is 1. The number of amides is 1. The summed E-state index contributed by atoms with van der Waals surface area (Å²) >= 11 is 0. The number of aliphatic hydroxyl groups is 2. The highest BCUT2D eigenvalue weighted by Crippen LogP contribution is 2.18. The quantitative estimate of drug-likeness (QED) is 0.0323. The first kappa shape index (κ1) is 55.6. The van der Waals surface area contributed by atoms with Crippen molar-refractivity contribution in [1.82, 2.24) is 5.32 Å². The van der Waals surface area contributed by atoms with E-state index in [1.807, 2.05) is 0 Å². The van der Waals surface area contributed by atoms with E-state index < -0.39 is 18.2 Å². The van der Waals surface area contributed by atoms with Crippen molar-refractivity contribution in [2.45, 2.75) is 296 Å². The molecular formula is C51H99NO5. The first-order chi connectivity index (χ1) is 28.0. The lowest BCUT2D eigenvalue weighted by Crippen LogP contribution is -2.46. The summed E-state index contributed by atoms with van der Waals surface area (Å²) in [4.78, 5) is 26.0. The average molecular weight is 806 g/mol. The van der Waals surface area contributed by atoms with Gasteiger partial charge in [-0.15, -0.1) is 0 Å². The van der Waals surface area contributed by atoms with Gasteiger partial charge in [0, 0.05) is 6.42 Å². The SMILES string of the molecule is CCCC/C=C\CCCCCC(CC(=O)NC(CO)C(O)CCCCCCCCCCCCCCCCCCC)OC(=O)CCCCCCCCCCCCCC. The number of nitrogens with one attached hydrogen (secondary N) is 1. The molecule has 0 spiro atoms. The van der Waals surface area contributed by atoms with Crippen LogP contribution in [0.25, 0.3) is 0 Å². The third-order valence-corrected chi connectivity index (χ3v) is 11.8. The van der Waals surface area contributed by atoms with Crippen molar-refractivity contribution in [3.8, 4) is 0 Å². The zero-order valence-electron chi connectivity index (χ0n) is 38.5. The van der Waals surface area contributed by atoms with Crippen LogP contribution in [0.2, 0.25) is 0 Å². The van der Waals surface area contributed by atoms with Crippen LogP contribution in [-0.4, -0.2) is 46.9 Å². The van der Waals surface area contributed by atoms with E-state index in [-0.39, 0.29) is 24.9 Å². The van der Waals surface area contributed by atoms with Gasteiger partial charge < -0.3 is 20.3 Å². The Kier molecular flexibility index (Phi) is 44.6. The van der Waals surface area contributed by atoms with Gasteiger partial charge in [0.05, 0.1) is 25.2 Å². The summed E-state index contributed by atoms with van der Waals surface area (Å²) in [5, 5.41) is 23.7. The number of allylic oxidation sites excluding steroid dienone is 2. The molecule has 0 aromatic carbocycles. The molecule has 6 nitrogen and oxygen atoms in total. The highest BCUT2D eigenvalue weighted by molar-refractivity contribution is 5.77. The number of esters is 1. The molecule has 0 aliphatic rings. The van der Waals surface area contributed by atoms with Crippen LogP contribution in [0.1, 0.15) is 278 Å². The average Bonchev–Trinajstić information content (AvgIpc) is 3.20. The molecule has 0 aromatic rings. The second-order valence-electron chi connectivity index (χ2n) is 17.6. The van der Waals surface area contributed by atoms with Crippen LogP contribution in [0.15, 0.2) is 12.2 Å². The van der Waals surface area contributed by atoms with Gasteiger partial charge in [-0.3, -0.25) is 9.59 Å². The minimum absolute atomic E-state index is 0.0729. The van der Waals surface area contributed by atoms with Gasteiger partial charge in [0.1, 0.15) is 6.10 Å². The van der Waals surface area contributed by atoms with Crippen molar-refractivity contribution in [2.75, 3.05) is 6.61 Å². The number of hydrogen-bond acceptors (Lipinski definition) is 5. The van der Waals surface area contributed by atoms with Gasteiger partial charge in [0.15, 0.2) is 0 Å². The molecule has 0 aliphatic heterocycles. The molecule has 0 rings (SSSR count). The van der Waals surface area contributed by atoms with Gasteiger partial charge in [-0.05, 0) is 44.9 Å². The fourth-order valence-electron chi connectivity index (χ4n) is 7.94. The molecule has 3 unspecified atom stereocenters. The van der Waals surface area contributed by atoms with Crippen molar-refractivity contribution in [3.63, 3.8) is 0 Å². The molecule has 57 heavy (non-hydrogen) atoms. The van der Waals surface area contributed by atoms with Crippen LogP contribution in [0.3, 0.4) is 0 Å². The van der Waals surface area contributed by atoms with Gasteiger partial charge in [-0.2, -0.15) is 0 Å². The zero-order chi connectivity index (χ0) is 41.7. The lowest BCUT2D eigenvalue weighted by molar-refractivity contribution is -0.151. The van der Waals surface area contributed by atoms with E-state index in [9.17, 15) is 19.8 Å². The summed E-state index contributed by atoms with van der Waals surface area (Å²) in [6.07, 6.45) is 49.9. The third kappa shape index (κ3) is 41.1. The molecule has 1 amide bonds. The third-order valence-electron chi connectivity index (χ3n) is 11.8. The second-order valence-corrected chi connectivity index (χ2v) is 17.6. The Morgan fingerprint density at radius 3 is 1.30 bits per heavy atom. The van der Waals surface area contributed by atoms with E-state index in [1.165, 1.54) is 167 Å². The summed E-state index contributed by atoms with van der Waals surface area (Å²) in [6.45, 7) is 6.45. The van der Waals surface area contributed by atoms with Crippen molar-refractivity contribution in [1.29, 1.82) is 0 Å². The molecule has 0 saturated carbocycles. The number of hydrogen-bond donors (Lipinski definition) is 3. The minimum Gasteiger partial charge on any atom is -0.462 e. The van der Waals surface area contributed by atoms with Crippen molar-refractivity contribution < 1.29 is 24.5 Å². The Bertz CT molecular complexity index is 863. The van der Waals surface area contributed by atoms with Crippen molar-refractivity contribution in [3.05, 3.63) is 12.2 Å². The molecule has 3 N–H and O–H groups in total. The van der Waals surface area contributed by atoms with E-state index in [2.05, 4.69) is 38.2 Å². The van der Waals surface area contributed by atoms with Gasteiger partial charge in [-0.25, -0.2) is 0 Å².